The maximum Gasteiger partial charge on any atom is 0.295 e. The van der Waals surface area contributed by atoms with Gasteiger partial charge in [-0.05, 0) is 55.2 Å². The highest BCUT2D eigenvalue weighted by Gasteiger charge is 2.21. The van der Waals surface area contributed by atoms with Gasteiger partial charge in [-0.25, -0.2) is 9.97 Å². The normalized spacial score (nSPS) is 13.0. The SMILES string of the molecule is Cc1cc(Cc2nc(SCCCS(=O)(=O)O)nc(SCCCS(=O)(=O)O)n2)ccc1N=Nc1cc(S(=O)(=O)O)c2cccc(S(=O)(=O)O)c2c1. The average Bonchev–Trinajstić information content (AvgIpc) is 2.98. The van der Waals surface area contributed by atoms with Crippen LogP contribution in [0.2, 0.25) is 0 Å². The van der Waals surface area contributed by atoms with Gasteiger partial charge in [0.05, 0.1) is 22.9 Å². The van der Waals surface area contributed by atoms with Gasteiger partial charge in [-0.15, -0.1) is 0 Å². The Morgan fingerprint density at radius 1 is 0.660 bits per heavy atom. The van der Waals surface area contributed by atoms with E-state index >= 15 is 0 Å². The van der Waals surface area contributed by atoms with E-state index in [0.29, 0.717) is 17.1 Å². The first kappa shape index (κ1) is 39.7. The summed E-state index contributed by atoms with van der Waals surface area (Å²) in [6.07, 6.45) is 0.474. The van der Waals surface area contributed by atoms with Crippen LogP contribution in [0, 0.1) is 6.92 Å². The van der Waals surface area contributed by atoms with Crippen molar-refractivity contribution >= 4 is 86.1 Å². The second kappa shape index (κ2) is 16.0. The summed E-state index contributed by atoms with van der Waals surface area (Å²) in [4.78, 5) is 12.0. The van der Waals surface area contributed by atoms with Gasteiger partial charge in [0.25, 0.3) is 40.5 Å². The fraction of sp³-hybridized carbons (Fsp3) is 0.296. The molecule has 1 heterocycles. The van der Waals surface area contributed by atoms with Gasteiger partial charge in [0.2, 0.25) is 0 Å². The Bertz CT molecular complexity index is 2330. The molecule has 4 aromatic rings. The molecule has 4 rings (SSSR count). The number of nitrogens with zero attached hydrogens (tertiary/aromatic N) is 5. The molecule has 4 N–H and O–H groups in total. The molecule has 0 spiro atoms. The summed E-state index contributed by atoms with van der Waals surface area (Å²) in [6.45, 7) is 1.72. The molecular weight excluding hydrogens is 779 g/mol. The minimum absolute atomic E-state index is 0.127. The van der Waals surface area contributed by atoms with Crippen LogP contribution in [0.1, 0.15) is 29.8 Å². The lowest BCUT2D eigenvalue weighted by Gasteiger charge is -2.09. The van der Waals surface area contributed by atoms with Gasteiger partial charge in [-0.2, -0.15) is 48.9 Å². The second-order valence-corrected chi connectivity index (χ2v) is 18.6. The number of fused-ring (bicyclic) bond motifs is 1. The lowest BCUT2D eigenvalue weighted by atomic mass is 10.1. The highest BCUT2D eigenvalue weighted by molar-refractivity contribution is 7.99. The van der Waals surface area contributed by atoms with Crippen molar-refractivity contribution in [3.8, 4) is 0 Å². The van der Waals surface area contributed by atoms with Crippen molar-refractivity contribution in [2.24, 2.45) is 10.2 Å². The quantitative estimate of drug-likeness (QED) is 0.0522. The van der Waals surface area contributed by atoms with Crippen molar-refractivity contribution in [3.63, 3.8) is 0 Å². The Kier molecular flexibility index (Phi) is 12.7. The number of azo groups is 1. The summed E-state index contributed by atoms with van der Waals surface area (Å²) in [6, 6.07) is 10.8. The van der Waals surface area contributed by atoms with Gasteiger partial charge in [0, 0.05) is 28.7 Å². The smallest absolute Gasteiger partial charge is 0.286 e. The number of rotatable bonds is 16. The summed E-state index contributed by atoms with van der Waals surface area (Å²) >= 11 is 2.29. The van der Waals surface area contributed by atoms with E-state index in [9.17, 15) is 42.8 Å². The maximum absolute atomic E-state index is 12.1. The van der Waals surface area contributed by atoms with Crippen molar-refractivity contribution in [2.45, 2.75) is 46.3 Å². The highest BCUT2D eigenvalue weighted by atomic mass is 32.2. The zero-order chi connectivity index (χ0) is 36.9. The molecule has 0 amide bonds. The summed E-state index contributed by atoms with van der Waals surface area (Å²) in [5, 5.41) is 8.42. The van der Waals surface area contributed by atoms with E-state index in [1.807, 2.05) is 0 Å². The fourth-order valence-electron chi connectivity index (χ4n) is 4.43. The van der Waals surface area contributed by atoms with E-state index in [2.05, 4.69) is 25.2 Å². The van der Waals surface area contributed by atoms with Crippen LogP contribution in [-0.4, -0.2) is 89.8 Å². The zero-order valence-corrected chi connectivity index (χ0v) is 30.7. The van der Waals surface area contributed by atoms with Crippen LogP contribution in [0.15, 0.2) is 78.9 Å². The highest BCUT2D eigenvalue weighted by Crippen LogP contribution is 2.34. The summed E-state index contributed by atoms with van der Waals surface area (Å²) < 4.78 is 130. The monoisotopic (exact) mass is 807 g/mol. The van der Waals surface area contributed by atoms with Gasteiger partial charge in [-0.3, -0.25) is 18.2 Å². The minimum atomic E-state index is -4.84. The molecule has 1 aromatic heterocycles. The lowest BCUT2D eigenvalue weighted by Crippen LogP contribution is -2.07. The van der Waals surface area contributed by atoms with Gasteiger partial charge in [0.15, 0.2) is 10.3 Å². The average molecular weight is 808 g/mol. The number of aryl methyl sites for hydroxylation is 1. The Labute approximate surface area is 296 Å². The standard InChI is InChI=1S/C27H29N5O12S6/c1-17-13-18(14-25-28-26(45-9-3-11-47(33,34)35)30-27(29-25)46-10-4-12-48(36,37)38)7-8-22(17)32-31-19-15-21-20(24(16-19)50(42,43)44)5-2-6-23(21)49(39,40)41/h2,5-8,13,15-16H,3-4,9-12,14H2,1H3,(H,33,34,35)(H,36,37,38)(H,39,40,41)(H,42,43,44). The third kappa shape index (κ3) is 12.0. The summed E-state index contributed by atoms with van der Waals surface area (Å²) in [7, 11) is -17.9. The van der Waals surface area contributed by atoms with Crippen molar-refractivity contribution < 1.29 is 51.9 Å². The Morgan fingerprint density at radius 2 is 1.24 bits per heavy atom. The second-order valence-electron chi connectivity index (χ2n) is 10.5. The van der Waals surface area contributed by atoms with E-state index in [0.717, 1.165) is 41.2 Å². The van der Waals surface area contributed by atoms with Crippen LogP contribution in [0.3, 0.4) is 0 Å². The third-order valence-corrected chi connectivity index (χ3v) is 11.8. The molecule has 0 saturated heterocycles. The largest absolute Gasteiger partial charge is 0.295 e. The number of hydrogen-bond donors (Lipinski definition) is 4. The van der Waals surface area contributed by atoms with Gasteiger partial charge in [0.1, 0.15) is 15.6 Å². The molecule has 0 radical (unpaired) electrons. The molecule has 0 fully saturated rings. The van der Waals surface area contributed by atoms with E-state index in [4.69, 9.17) is 9.11 Å². The molecule has 0 saturated carbocycles. The van der Waals surface area contributed by atoms with Crippen LogP contribution in [0.25, 0.3) is 10.8 Å². The molecule has 23 heteroatoms. The van der Waals surface area contributed by atoms with Crippen LogP contribution in [-0.2, 0) is 46.9 Å². The van der Waals surface area contributed by atoms with Gasteiger partial charge in [-0.1, -0.05) is 47.8 Å². The number of hydrogen-bond acceptors (Lipinski definition) is 15. The predicted molar refractivity (Wildman–Crippen MR) is 185 cm³/mol. The molecule has 0 bridgehead atoms. The topological polar surface area (TPSA) is 281 Å². The minimum Gasteiger partial charge on any atom is -0.286 e. The van der Waals surface area contributed by atoms with Crippen molar-refractivity contribution in [3.05, 3.63) is 65.5 Å². The first-order valence-corrected chi connectivity index (χ1v) is 22.2. The molecule has 17 nitrogen and oxygen atoms in total. The Hall–Kier alpha value is -3.13. The molecule has 0 atom stereocenters. The summed E-state index contributed by atoms with van der Waals surface area (Å²) in [5.74, 6) is 0.00893. The van der Waals surface area contributed by atoms with E-state index in [1.54, 1.807) is 25.1 Å². The molecule has 0 aliphatic carbocycles. The first-order chi connectivity index (χ1) is 23.2. The van der Waals surface area contributed by atoms with Gasteiger partial charge < -0.3 is 0 Å². The van der Waals surface area contributed by atoms with E-state index in [1.165, 1.54) is 18.2 Å². The Balaban J connectivity index is 1.59. The van der Waals surface area contributed by atoms with Crippen molar-refractivity contribution in [1.29, 1.82) is 0 Å². The van der Waals surface area contributed by atoms with Crippen LogP contribution in [0.5, 0.6) is 0 Å². The van der Waals surface area contributed by atoms with Crippen LogP contribution >= 0.6 is 23.5 Å². The maximum atomic E-state index is 12.1. The molecular formula is C27H29N5O12S6. The molecule has 0 aliphatic rings. The van der Waals surface area contributed by atoms with Gasteiger partial charge >= 0.3 is 0 Å². The zero-order valence-electron chi connectivity index (χ0n) is 25.8. The summed E-state index contributed by atoms with van der Waals surface area (Å²) in [5.41, 5.74) is 1.58. The van der Waals surface area contributed by atoms with E-state index < -0.39 is 61.8 Å². The number of benzene rings is 3. The molecule has 270 valence electrons. The van der Waals surface area contributed by atoms with Crippen LogP contribution < -0.4 is 0 Å². The molecule has 3 aromatic carbocycles. The van der Waals surface area contributed by atoms with E-state index in [-0.39, 0.29) is 57.5 Å². The first-order valence-electron chi connectivity index (χ1n) is 14.1. The predicted octanol–water partition coefficient (Wildman–Crippen LogP) is 4.57. The molecule has 0 aliphatic heterocycles. The fourth-order valence-corrected chi connectivity index (χ4v) is 8.88. The number of aromatic nitrogens is 3. The van der Waals surface area contributed by atoms with Crippen molar-refractivity contribution in [2.75, 3.05) is 23.0 Å². The Morgan fingerprint density at radius 3 is 1.76 bits per heavy atom. The molecule has 0 unspecified atom stereocenters. The lowest BCUT2D eigenvalue weighted by molar-refractivity contribution is 0.480. The molecule has 50 heavy (non-hydrogen) atoms. The van der Waals surface area contributed by atoms with Crippen molar-refractivity contribution in [1.82, 2.24) is 15.0 Å². The number of thioether (sulfide) groups is 2. The third-order valence-electron chi connectivity index (χ3n) is 6.55. The van der Waals surface area contributed by atoms with Crippen LogP contribution in [0.4, 0.5) is 11.4 Å².